The van der Waals surface area contributed by atoms with Gasteiger partial charge in [-0.2, -0.15) is 0 Å². The first-order valence-electron chi connectivity index (χ1n) is 9.25. The van der Waals surface area contributed by atoms with Crippen LogP contribution in [0.5, 0.6) is 5.75 Å². The van der Waals surface area contributed by atoms with Crippen molar-refractivity contribution in [3.8, 4) is 29.2 Å². The Morgan fingerprint density at radius 3 is 2.79 bits per heavy atom. The predicted octanol–water partition coefficient (Wildman–Crippen LogP) is 4.50. The summed E-state index contributed by atoms with van der Waals surface area (Å²) in [5.41, 5.74) is 4.27. The largest absolute Gasteiger partial charge is 0.479 e. The third kappa shape index (κ3) is 3.34. The SMILES string of the molecule is C#CCOc1ccc(-c2cccc(S(=O)(=O)CC)c2)c2c1[nH]c1ncc(C)cc12. The molecule has 0 aliphatic heterocycles. The number of pyridine rings is 1. The van der Waals surface area contributed by atoms with E-state index in [0.717, 1.165) is 38.6 Å². The summed E-state index contributed by atoms with van der Waals surface area (Å²) < 4.78 is 30.5. The normalized spacial score (nSPS) is 11.6. The van der Waals surface area contributed by atoms with Gasteiger partial charge in [0.25, 0.3) is 0 Å². The second-order valence-electron chi connectivity index (χ2n) is 6.82. The summed E-state index contributed by atoms with van der Waals surface area (Å²) in [7, 11) is -3.30. The molecule has 146 valence electrons. The number of aryl methyl sites for hydroxylation is 1. The van der Waals surface area contributed by atoms with Gasteiger partial charge in [-0.15, -0.1) is 6.42 Å². The third-order valence-electron chi connectivity index (χ3n) is 4.90. The zero-order valence-corrected chi connectivity index (χ0v) is 17.0. The Labute approximate surface area is 169 Å². The number of H-pyrrole nitrogens is 1. The van der Waals surface area contributed by atoms with Crippen LogP contribution in [0.25, 0.3) is 33.1 Å². The van der Waals surface area contributed by atoms with E-state index in [1.54, 1.807) is 31.3 Å². The van der Waals surface area contributed by atoms with Crippen molar-refractivity contribution in [1.29, 1.82) is 0 Å². The standard InChI is InChI=1S/C23H20N2O3S/c1-4-11-28-20-10-9-18(16-7-6-8-17(13-16)29(26,27)5-2)21-19-12-15(3)14-24-23(19)25-22(20)21/h1,6-10,12-14H,5,11H2,2-3H3,(H,24,25). The molecule has 0 radical (unpaired) electrons. The van der Waals surface area contributed by atoms with Crippen LogP contribution in [-0.4, -0.2) is 30.7 Å². The highest BCUT2D eigenvalue weighted by Crippen LogP contribution is 2.39. The van der Waals surface area contributed by atoms with Gasteiger partial charge in [0.05, 0.1) is 16.2 Å². The summed E-state index contributed by atoms with van der Waals surface area (Å²) in [5.74, 6) is 3.17. The molecule has 2 heterocycles. The van der Waals surface area contributed by atoms with Crippen molar-refractivity contribution < 1.29 is 13.2 Å². The highest BCUT2D eigenvalue weighted by Gasteiger charge is 2.18. The Balaban J connectivity index is 2.03. The number of terminal acetylenes is 1. The van der Waals surface area contributed by atoms with Gasteiger partial charge in [-0.3, -0.25) is 0 Å². The van der Waals surface area contributed by atoms with Crippen LogP contribution < -0.4 is 4.74 Å². The molecule has 0 saturated carbocycles. The zero-order chi connectivity index (χ0) is 20.6. The molecule has 0 unspecified atom stereocenters. The van der Waals surface area contributed by atoms with E-state index in [2.05, 4.69) is 22.0 Å². The van der Waals surface area contributed by atoms with Crippen molar-refractivity contribution in [3.05, 3.63) is 54.2 Å². The Morgan fingerprint density at radius 1 is 1.21 bits per heavy atom. The number of nitrogens with zero attached hydrogens (tertiary/aromatic N) is 1. The first-order chi connectivity index (χ1) is 13.9. The maximum absolute atomic E-state index is 12.4. The number of nitrogens with one attached hydrogen (secondary N) is 1. The third-order valence-corrected chi connectivity index (χ3v) is 6.63. The molecule has 0 atom stereocenters. The second-order valence-corrected chi connectivity index (χ2v) is 9.10. The first-order valence-corrected chi connectivity index (χ1v) is 10.9. The fraction of sp³-hybridized carbons (Fsp3) is 0.174. The molecular formula is C23H20N2O3S. The number of benzene rings is 2. The van der Waals surface area contributed by atoms with Crippen LogP contribution in [0, 0.1) is 19.3 Å². The van der Waals surface area contributed by atoms with Crippen molar-refractivity contribution >= 4 is 31.8 Å². The fourth-order valence-corrected chi connectivity index (χ4v) is 4.39. The minimum absolute atomic E-state index is 0.0565. The number of hydrogen-bond donors (Lipinski definition) is 1. The maximum Gasteiger partial charge on any atom is 0.178 e. The average Bonchev–Trinajstić information content (AvgIpc) is 3.11. The summed E-state index contributed by atoms with van der Waals surface area (Å²) in [4.78, 5) is 8.14. The van der Waals surface area contributed by atoms with E-state index in [4.69, 9.17) is 11.2 Å². The van der Waals surface area contributed by atoms with Gasteiger partial charge in [0.15, 0.2) is 9.84 Å². The molecule has 0 saturated heterocycles. The van der Waals surface area contributed by atoms with Gasteiger partial charge in [-0.05, 0) is 53.9 Å². The topological polar surface area (TPSA) is 72.1 Å². The van der Waals surface area contributed by atoms with Crippen molar-refractivity contribution in [3.63, 3.8) is 0 Å². The molecule has 0 spiro atoms. The summed E-state index contributed by atoms with van der Waals surface area (Å²) in [5, 5.41) is 1.88. The average molecular weight is 404 g/mol. The fourth-order valence-electron chi connectivity index (χ4n) is 3.47. The minimum atomic E-state index is -3.30. The molecule has 0 amide bonds. The van der Waals surface area contributed by atoms with Crippen molar-refractivity contribution in [2.75, 3.05) is 12.4 Å². The van der Waals surface area contributed by atoms with Crippen LogP contribution in [0.2, 0.25) is 0 Å². The number of aromatic nitrogens is 2. The lowest BCUT2D eigenvalue weighted by molar-refractivity contribution is 0.374. The molecule has 29 heavy (non-hydrogen) atoms. The Kier molecular flexibility index (Phi) is 4.77. The van der Waals surface area contributed by atoms with Gasteiger partial charge >= 0.3 is 0 Å². The lowest BCUT2D eigenvalue weighted by Gasteiger charge is -2.10. The summed E-state index contributed by atoms with van der Waals surface area (Å²) in [6, 6.07) is 12.9. The molecule has 0 aliphatic rings. The van der Waals surface area contributed by atoms with Crippen molar-refractivity contribution in [2.45, 2.75) is 18.7 Å². The van der Waals surface area contributed by atoms with Gasteiger partial charge in [-0.1, -0.05) is 25.0 Å². The molecule has 4 aromatic rings. The van der Waals surface area contributed by atoms with Gasteiger partial charge in [0.1, 0.15) is 18.0 Å². The molecule has 5 nitrogen and oxygen atoms in total. The highest BCUT2D eigenvalue weighted by molar-refractivity contribution is 7.91. The predicted molar refractivity (Wildman–Crippen MR) is 116 cm³/mol. The van der Waals surface area contributed by atoms with E-state index in [1.165, 1.54) is 0 Å². The lowest BCUT2D eigenvalue weighted by atomic mass is 9.99. The number of aromatic amines is 1. The number of sulfone groups is 1. The molecule has 0 fully saturated rings. The smallest absolute Gasteiger partial charge is 0.178 e. The first kappa shape index (κ1) is 19.0. The number of rotatable bonds is 5. The van der Waals surface area contributed by atoms with Crippen LogP contribution in [0.1, 0.15) is 12.5 Å². The van der Waals surface area contributed by atoms with Gasteiger partial charge in [-0.25, -0.2) is 13.4 Å². The molecule has 1 N–H and O–H groups in total. The van der Waals surface area contributed by atoms with Gasteiger partial charge < -0.3 is 9.72 Å². The van der Waals surface area contributed by atoms with E-state index in [9.17, 15) is 8.42 Å². The van der Waals surface area contributed by atoms with Crippen LogP contribution in [0.15, 0.2) is 53.6 Å². The number of fused-ring (bicyclic) bond motifs is 3. The Morgan fingerprint density at radius 2 is 2.03 bits per heavy atom. The molecule has 0 bridgehead atoms. The van der Waals surface area contributed by atoms with Crippen LogP contribution in [0.4, 0.5) is 0 Å². The highest BCUT2D eigenvalue weighted by atomic mass is 32.2. The van der Waals surface area contributed by atoms with Gasteiger partial charge in [0, 0.05) is 17.0 Å². The van der Waals surface area contributed by atoms with Crippen molar-refractivity contribution in [1.82, 2.24) is 9.97 Å². The summed E-state index contributed by atoms with van der Waals surface area (Å²) in [6.45, 7) is 3.78. The lowest BCUT2D eigenvalue weighted by Crippen LogP contribution is -2.03. The van der Waals surface area contributed by atoms with Crippen LogP contribution in [-0.2, 0) is 9.84 Å². The Bertz CT molecular complexity index is 1380. The monoisotopic (exact) mass is 404 g/mol. The molecule has 2 aromatic carbocycles. The van der Waals surface area contributed by atoms with Crippen LogP contribution in [0.3, 0.4) is 0 Å². The molecule has 4 rings (SSSR count). The van der Waals surface area contributed by atoms with E-state index in [-0.39, 0.29) is 12.4 Å². The van der Waals surface area contributed by atoms with Crippen molar-refractivity contribution in [2.24, 2.45) is 0 Å². The molecule has 0 aliphatic carbocycles. The van der Waals surface area contributed by atoms with E-state index in [1.807, 2.05) is 25.1 Å². The quantitative estimate of drug-likeness (QED) is 0.497. The Hall–Kier alpha value is -3.30. The van der Waals surface area contributed by atoms with E-state index in [0.29, 0.717) is 10.6 Å². The molecule has 2 aromatic heterocycles. The summed E-state index contributed by atoms with van der Waals surface area (Å²) in [6.07, 6.45) is 7.15. The summed E-state index contributed by atoms with van der Waals surface area (Å²) >= 11 is 0. The number of hydrogen-bond acceptors (Lipinski definition) is 4. The molecule has 6 heteroatoms. The second kappa shape index (κ2) is 7.26. The van der Waals surface area contributed by atoms with E-state index >= 15 is 0 Å². The van der Waals surface area contributed by atoms with Crippen LogP contribution >= 0.6 is 0 Å². The number of ether oxygens (including phenoxy) is 1. The minimum Gasteiger partial charge on any atom is -0.479 e. The zero-order valence-electron chi connectivity index (χ0n) is 16.2. The maximum atomic E-state index is 12.4. The van der Waals surface area contributed by atoms with E-state index < -0.39 is 9.84 Å². The molecular weight excluding hydrogens is 384 g/mol. The van der Waals surface area contributed by atoms with Gasteiger partial charge in [0.2, 0.25) is 0 Å².